The first-order chi connectivity index (χ1) is 16.1. The normalized spacial score (nSPS) is 14.7. The summed E-state index contributed by atoms with van der Waals surface area (Å²) in [5.74, 6) is 0.380. The summed E-state index contributed by atoms with van der Waals surface area (Å²) < 4.78 is 5.61. The Morgan fingerprint density at radius 2 is 1.94 bits per heavy atom. The molecular weight excluding hydrogens is 412 g/mol. The number of Topliss-reactive ketones (excluding diaryl/α,β-unsaturated/α-hetero) is 1. The molecule has 2 aromatic heterocycles. The van der Waals surface area contributed by atoms with Crippen LogP contribution in [0.5, 0.6) is 0 Å². The molecule has 2 aromatic carbocycles. The van der Waals surface area contributed by atoms with Gasteiger partial charge < -0.3 is 14.3 Å². The van der Waals surface area contributed by atoms with Crippen molar-refractivity contribution in [3.63, 3.8) is 0 Å². The van der Waals surface area contributed by atoms with Gasteiger partial charge in [-0.05, 0) is 73.2 Å². The number of carbonyl (C=O) groups excluding carboxylic acids is 1. The number of unbranched alkanes of at least 4 members (excludes halogenated alkanes) is 1. The molecule has 0 bridgehead atoms. The van der Waals surface area contributed by atoms with Crippen LogP contribution in [-0.2, 0) is 6.42 Å². The van der Waals surface area contributed by atoms with E-state index < -0.39 is 0 Å². The minimum Gasteiger partial charge on any atom is -0.453 e. The summed E-state index contributed by atoms with van der Waals surface area (Å²) >= 11 is 0. The summed E-state index contributed by atoms with van der Waals surface area (Å²) in [5, 5.41) is 2.17. The van der Waals surface area contributed by atoms with Gasteiger partial charge in [-0.15, -0.1) is 0 Å². The SMILES string of the molecule is [C-]#[N+]c1ccc2[nH]cc(CCCCN3CCN(c4ccc5oc(C(C)=O)cc5c4)CC3)c2c1. The van der Waals surface area contributed by atoms with E-state index in [4.69, 9.17) is 11.0 Å². The first-order valence-corrected chi connectivity index (χ1v) is 11.6. The van der Waals surface area contributed by atoms with Crippen molar-refractivity contribution in [3.05, 3.63) is 71.4 Å². The van der Waals surface area contributed by atoms with E-state index in [0.29, 0.717) is 11.4 Å². The van der Waals surface area contributed by atoms with Gasteiger partial charge in [0.2, 0.25) is 0 Å². The van der Waals surface area contributed by atoms with Gasteiger partial charge in [0.1, 0.15) is 5.58 Å². The van der Waals surface area contributed by atoms with Crippen LogP contribution < -0.4 is 4.90 Å². The fourth-order valence-corrected chi connectivity index (χ4v) is 4.72. The Hall–Kier alpha value is -3.56. The van der Waals surface area contributed by atoms with E-state index >= 15 is 0 Å². The fraction of sp³-hybridized carbons (Fsp3) is 0.333. The molecule has 6 heteroatoms. The number of aromatic amines is 1. The zero-order chi connectivity index (χ0) is 22.8. The molecule has 168 valence electrons. The fourth-order valence-electron chi connectivity index (χ4n) is 4.72. The largest absolute Gasteiger partial charge is 0.453 e. The molecule has 0 aliphatic carbocycles. The number of piperazine rings is 1. The lowest BCUT2D eigenvalue weighted by Gasteiger charge is -2.36. The number of H-pyrrole nitrogens is 1. The standard InChI is InChI=1S/C27H28N4O2/c1-19(32)27-16-21-15-23(7-9-26(21)33-27)31-13-11-30(12-14-31)10-4-3-5-20-18-29-25-8-6-22(28-2)17-24(20)25/h6-9,15-18,29H,3-5,10-14H2,1H3. The Morgan fingerprint density at radius 1 is 1.09 bits per heavy atom. The van der Waals surface area contributed by atoms with Crippen LogP contribution >= 0.6 is 0 Å². The molecule has 0 atom stereocenters. The molecule has 1 saturated heterocycles. The Bertz CT molecular complexity index is 1340. The summed E-state index contributed by atoms with van der Waals surface area (Å²) in [6.07, 6.45) is 5.44. The monoisotopic (exact) mass is 440 g/mol. The van der Waals surface area contributed by atoms with Gasteiger partial charge in [0.05, 0.1) is 6.57 Å². The Balaban J connectivity index is 1.11. The highest BCUT2D eigenvalue weighted by atomic mass is 16.3. The van der Waals surface area contributed by atoms with Crippen LogP contribution in [0.2, 0.25) is 0 Å². The molecule has 1 fully saturated rings. The zero-order valence-corrected chi connectivity index (χ0v) is 18.9. The molecule has 0 amide bonds. The van der Waals surface area contributed by atoms with Gasteiger partial charge in [-0.25, -0.2) is 4.85 Å². The second kappa shape index (κ2) is 9.13. The molecule has 1 aliphatic rings. The predicted molar refractivity (Wildman–Crippen MR) is 132 cm³/mol. The van der Waals surface area contributed by atoms with Crippen LogP contribution in [0.4, 0.5) is 11.4 Å². The van der Waals surface area contributed by atoms with E-state index in [9.17, 15) is 4.79 Å². The molecule has 1 aliphatic heterocycles. The van der Waals surface area contributed by atoms with Gasteiger partial charge in [-0.2, -0.15) is 0 Å². The van der Waals surface area contributed by atoms with Crippen molar-refractivity contribution in [1.29, 1.82) is 0 Å². The molecule has 0 radical (unpaired) electrons. The van der Waals surface area contributed by atoms with Gasteiger partial charge in [-0.3, -0.25) is 9.69 Å². The molecule has 0 spiro atoms. The third kappa shape index (κ3) is 4.50. The number of carbonyl (C=O) groups is 1. The number of fused-ring (bicyclic) bond motifs is 2. The van der Waals surface area contributed by atoms with Gasteiger partial charge >= 0.3 is 0 Å². The number of aromatic nitrogens is 1. The van der Waals surface area contributed by atoms with Crippen molar-refractivity contribution in [2.75, 3.05) is 37.6 Å². The average molecular weight is 441 g/mol. The molecule has 0 unspecified atom stereocenters. The van der Waals surface area contributed by atoms with Crippen LogP contribution in [0, 0.1) is 6.57 Å². The molecule has 5 rings (SSSR count). The number of rotatable bonds is 7. The zero-order valence-electron chi connectivity index (χ0n) is 18.9. The molecule has 6 nitrogen and oxygen atoms in total. The van der Waals surface area contributed by atoms with E-state index in [1.165, 1.54) is 30.0 Å². The van der Waals surface area contributed by atoms with E-state index in [2.05, 4.69) is 38.0 Å². The van der Waals surface area contributed by atoms with E-state index in [-0.39, 0.29) is 5.78 Å². The number of ketones is 1. The van der Waals surface area contributed by atoms with Gasteiger partial charge in [0.15, 0.2) is 17.2 Å². The van der Waals surface area contributed by atoms with Crippen LogP contribution in [-0.4, -0.2) is 48.4 Å². The molecule has 1 N–H and O–H groups in total. The predicted octanol–water partition coefficient (Wildman–Crippen LogP) is 5.81. The minimum atomic E-state index is -0.0424. The van der Waals surface area contributed by atoms with Crippen molar-refractivity contribution in [2.24, 2.45) is 0 Å². The summed E-state index contributed by atoms with van der Waals surface area (Å²) in [6, 6.07) is 13.9. The van der Waals surface area contributed by atoms with Crippen LogP contribution in [0.3, 0.4) is 0 Å². The van der Waals surface area contributed by atoms with E-state index in [0.717, 1.165) is 62.1 Å². The first-order valence-electron chi connectivity index (χ1n) is 11.6. The lowest BCUT2D eigenvalue weighted by molar-refractivity contribution is 0.0989. The third-order valence-corrected chi connectivity index (χ3v) is 6.63. The lowest BCUT2D eigenvalue weighted by atomic mass is 10.1. The van der Waals surface area contributed by atoms with Crippen LogP contribution in [0.1, 0.15) is 35.9 Å². The van der Waals surface area contributed by atoms with Gasteiger partial charge in [0.25, 0.3) is 0 Å². The Kier molecular flexibility index (Phi) is 5.89. The number of hydrogen-bond donors (Lipinski definition) is 1. The maximum absolute atomic E-state index is 11.6. The first kappa shape index (κ1) is 21.3. The Labute approximate surface area is 193 Å². The number of nitrogens with zero attached hydrogens (tertiary/aromatic N) is 3. The number of anilines is 1. The van der Waals surface area contributed by atoms with Crippen molar-refractivity contribution in [2.45, 2.75) is 26.2 Å². The second-order valence-corrected chi connectivity index (χ2v) is 8.83. The highest BCUT2D eigenvalue weighted by molar-refractivity contribution is 5.96. The maximum Gasteiger partial charge on any atom is 0.194 e. The molecule has 0 saturated carbocycles. The van der Waals surface area contributed by atoms with E-state index in [1.54, 1.807) is 0 Å². The maximum atomic E-state index is 11.6. The van der Waals surface area contributed by atoms with Crippen molar-refractivity contribution in [1.82, 2.24) is 9.88 Å². The number of aryl methyl sites for hydroxylation is 1. The number of nitrogens with one attached hydrogen (secondary N) is 1. The lowest BCUT2D eigenvalue weighted by Crippen LogP contribution is -2.46. The number of hydrogen-bond acceptors (Lipinski definition) is 4. The third-order valence-electron chi connectivity index (χ3n) is 6.63. The van der Waals surface area contributed by atoms with Gasteiger partial charge in [0, 0.05) is 55.9 Å². The summed E-state index contributed by atoms with van der Waals surface area (Å²) in [7, 11) is 0. The second-order valence-electron chi connectivity index (χ2n) is 8.83. The topological polar surface area (TPSA) is 56.8 Å². The highest BCUT2D eigenvalue weighted by Crippen LogP contribution is 2.27. The summed E-state index contributed by atoms with van der Waals surface area (Å²) in [6.45, 7) is 14.0. The molecule has 33 heavy (non-hydrogen) atoms. The number of benzene rings is 2. The highest BCUT2D eigenvalue weighted by Gasteiger charge is 2.18. The van der Waals surface area contributed by atoms with Crippen molar-refractivity contribution < 1.29 is 9.21 Å². The van der Waals surface area contributed by atoms with Crippen molar-refractivity contribution in [3.8, 4) is 0 Å². The smallest absolute Gasteiger partial charge is 0.194 e. The molecule has 3 heterocycles. The minimum absolute atomic E-state index is 0.0424. The quantitative estimate of drug-likeness (QED) is 0.224. The van der Waals surface area contributed by atoms with Crippen LogP contribution in [0.25, 0.3) is 26.7 Å². The summed E-state index contributed by atoms with van der Waals surface area (Å²) in [5.41, 5.74) is 5.08. The number of furan rings is 1. The average Bonchev–Trinajstić information content (AvgIpc) is 3.45. The molecular formula is C27H28N4O2. The molecule has 4 aromatic rings. The van der Waals surface area contributed by atoms with Gasteiger partial charge in [-0.1, -0.05) is 6.07 Å². The van der Waals surface area contributed by atoms with Crippen LogP contribution in [0.15, 0.2) is 53.1 Å². The van der Waals surface area contributed by atoms with E-state index in [1.807, 2.05) is 30.3 Å². The summed E-state index contributed by atoms with van der Waals surface area (Å²) in [4.78, 5) is 23.4. The Morgan fingerprint density at radius 3 is 2.73 bits per heavy atom. The van der Waals surface area contributed by atoms with Crippen molar-refractivity contribution >= 4 is 39.0 Å².